The maximum Gasteiger partial charge on any atom is 0.311 e. The fourth-order valence-corrected chi connectivity index (χ4v) is 9.12. The Hall–Kier alpha value is -1.50. The standard InChI is InChI=1S/C40H74N2O13/c1-16-29-40(11,48)33(45)25(6)42(14)20-21(2)18-38(9,47)34(55-37-31(44)28(41(12)13)17-22(3)50-37)23(4)32(24(5)36(46)53-29)54-30-19-39(10,49-15)35(26(7)51-30)52-27(8)43/h21-26,28-35,37,44-45,47-48H,16-20H2,1-15H3/t21?,22?,23?,24?,25?,26?,28?,29-,30?,31?,32?,33?,34?,35?,37?,38?,39?,40?/m1/s1. The molecule has 3 saturated heterocycles. The molecule has 0 aliphatic carbocycles. The first-order valence-corrected chi connectivity index (χ1v) is 20.0. The monoisotopic (exact) mass is 791 g/mol. The van der Waals surface area contributed by atoms with Crippen LogP contribution < -0.4 is 0 Å². The maximum atomic E-state index is 14.3. The van der Waals surface area contributed by atoms with Gasteiger partial charge in [0.15, 0.2) is 18.7 Å². The van der Waals surface area contributed by atoms with E-state index < -0.39 is 102 Å². The highest BCUT2D eigenvalue weighted by Gasteiger charge is 2.53. The first kappa shape index (κ1) is 47.9. The fourth-order valence-electron chi connectivity index (χ4n) is 9.12. The van der Waals surface area contributed by atoms with E-state index in [2.05, 4.69) is 0 Å². The van der Waals surface area contributed by atoms with Crippen molar-refractivity contribution in [2.24, 2.45) is 17.8 Å². The van der Waals surface area contributed by atoms with Crippen LogP contribution in [-0.2, 0) is 42.7 Å². The number of cyclic esters (lactones) is 1. The molecular formula is C40H74N2O13. The summed E-state index contributed by atoms with van der Waals surface area (Å²) in [7, 11) is 7.11. The van der Waals surface area contributed by atoms with Crippen LogP contribution in [0.3, 0.4) is 0 Å². The van der Waals surface area contributed by atoms with E-state index in [4.69, 9.17) is 33.2 Å². The zero-order chi connectivity index (χ0) is 42.0. The third kappa shape index (κ3) is 11.2. The van der Waals surface area contributed by atoms with Gasteiger partial charge in [-0.25, -0.2) is 0 Å². The third-order valence-corrected chi connectivity index (χ3v) is 12.5. The van der Waals surface area contributed by atoms with Gasteiger partial charge in [0.1, 0.15) is 29.5 Å². The van der Waals surface area contributed by atoms with Crippen LogP contribution >= 0.6 is 0 Å². The number of nitrogens with zero attached hydrogens (tertiary/aromatic N) is 2. The van der Waals surface area contributed by atoms with Gasteiger partial charge in [-0.2, -0.15) is 0 Å². The van der Waals surface area contributed by atoms with E-state index in [1.54, 1.807) is 41.5 Å². The first-order chi connectivity index (χ1) is 25.3. The molecule has 3 heterocycles. The van der Waals surface area contributed by atoms with Crippen LogP contribution in [0.1, 0.15) is 102 Å². The summed E-state index contributed by atoms with van der Waals surface area (Å²) in [6.45, 7) is 19.4. The molecule has 18 atom stereocenters. The molecule has 15 nitrogen and oxygen atoms in total. The first-order valence-electron chi connectivity index (χ1n) is 20.0. The molecule has 0 spiro atoms. The Balaban J connectivity index is 2.18. The number of rotatable bonds is 8. The summed E-state index contributed by atoms with van der Waals surface area (Å²) in [5, 5.41) is 47.4. The van der Waals surface area contributed by atoms with Gasteiger partial charge in [0, 0.05) is 45.0 Å². The molecular weight excluding hydrogens is 716 g/mol. The Morgan fingerprint density at radius 1 is 0.982 bits per heavy atom. The van der Waals surface area contributed by atoms with Crippen LogP contribution in [0.25, 0.3) is 0 Å². The Morgan fingerprint density at radius 3 is 2.15 bits per heavy atom. The van der Waals surface area contributed by atoms with Gasteiger partial charge in [-0.3, -0.25) is 9.59 Å². The van der Waals surface area contributed by atoms with Crippen molar-refractivity contribution in [3.8, 4) is 0 Å². The average Bonchev–Trinajstić information content (AvgIpc) is 3.08. The number of aliphatic hydroxyl groups is 4. The van der Waals surface area contributed by atoms with Crippen molar-refractivity contribution in [1.82, 2.24) is 9.80 Å². The molecule has 3 aliphatic rings. The number of carbonyl (C=O) groups is 2. The SMILES string of the molecule is CC[C@H]1OC(=O)C(C)C(OC2CC(C)(OC)C(OC(C)=O)C(C)O2)C(C)C(OC2OC(C)CC(N(C)C)C2O)C(C)(O)CC(C)CN(C)C(C)C(O)C1(C)O. The Kier molecular flexibility index (Phi) is 16.6. The van der Waals surface area contributed by atoms with Crippen molar-refractivity contribution in [1.29, 1.82) is 0 Å². The summed E-state index contributed by atoms with van der Waals surface area (Å²) in [5.74, 6) is -3.16. The van der Waals surface area contributed by atoms with Crippen LogP contribution in [0.2, 0.25) is 0 Å². The van der Waals surface area contributed by atoms with Crippen molar-refractivity contribution < 1.29 is 63.2 Å². The lowest BCUT2D eigenvalue weighted by atomic mass is 9.77. The van der Waals surface area contributed by atoms with E-state index in [0.29, 0.717) is 13.0 Å². The quantitative estimate of drug-likeness (QED) is 0.263. The Morgan fingerprint density at radius 2 is 1.60 bits per heavy atom. The summed E-state index contributed by atoms with van der Waals surface area (Å²) in [4.78, 5) is 30.2. The van der Waals surface area contributed by atoms with E-state index in [1.165, 1.54) is 21.0 Å². The molecule has 3 rings (SSSR count). The number of carbonyl (C=O) groups excluding carboxylic acids is 2. The molecule has 0 radical (unpaired) electrons. The number of hydrogen-bond donors (Lipinski definition) is 4. The molecule has 3 aliphatic heterocycles. The van der Waals surface area contributed by atoms with Crippen molar-refractivity contribution in [2.75, 3.05) is 34.8 Å². The zero-order valence-corrected chi connectivity index (χ0v) is 36.1. The molecule has 0 aromatic carbocycles. The zero-order valence-electron chi connectivity index (χ0n) is 36.1. The van der Waals surface area contributed by atoms with E-state index in [1.807, 2.05) is 51.7 Å². The van der Waals surface area contributed by atoms with Crippen molar-refractivity contribution in [3.05, 3.63) is 0 Å². The number of ether oxygens (including phenoxy) is 7. The minimum atomic E-state index is -1.82. The van der Waals surface area contributed by atoms with Gasteiger partial charge in [0.2, 0.25) is 0 Å². The predicted molar refractivity (Wildman–Crippen MR) is 204 cm³/mol. The van der Waals surface area contributed by atoms with Crippen LogP contribution in [0, 0.1) is 17.8 Å². The lowest BCUT2D eigenvalue weighted by Crippen LogP contribution is -2.61. The highest BCUT2D eigenvalue weighted by Crippen LogP contribution is 2.40. The van der Waals surface area contributed by atoms with Crippen LogP contribution in [-0.4, -0.2) is 167 Å². The highest BCUT2D eigenvalue weighted by atomic mass is 16.7. The van der Waals surface area contributed by atoms with Crippen LogP contribution in [0.5, 0.6) is 0 Å². The molecule has 0 aromatic heterocycles. The summed E-state index contributed by atoms with van der Waals surface area (Å²) in [6, 6.07) is -0.836. The minimum Gasteiger partial charge on any atom is -0.459 e. The lowest BCUT2D eigenvalue weighted by Gasteiger charge is -2.49. The molecule has 0 saturated carbocycles. The molecule has 55 heavy (non-hydrogen) atoms. The Bertz CT molecular complexity index is 1250. The predicted octanol–water partition coefficient (Wildman–Crippen LogP) is 2.47. The van der Waals surface area contributed by atoms with E-state index in [9.17, 15) is 30.0 Å². The van der Waals surface area contributed by atoms with Crippen molar-refractivity contribution in [2.45, 2.75) is 192 Å². The van der Waals surface area contributed by atoms with Gasteiger partial charge in [-0.1, -0.05) is 20.8 Å². The number of aliphatic hydroxyl groups excluding tert-OH is 2. The number of likely N-dealkylation sites (N-methyl/N-ethyl adjacent to an activating group) is 2. The summed E-state index contributed by atoms with van der Waals surface area (Å²) >= 11 is 0. The highest BCUT2D eigenvalue weighted by molar-refractivity contribution is 5.73. The van der Waals surface area contributed by atoms with Gasteiger partial charge in [-0.15, -0.1) is 0 Å². The molecule has 15 heteroatoms. The van der Waals surface area contributed by atoms with Gasteiger partial charge in [0.25, 0.3) is 0 Å². The molecule has 0 bridgehead atoms. The van der Waals surface area contributed by atoms with Gasteiger partial charge in [0.05, 0.1) is 35.9 Å². The van der Waals surface area contributed by atoms with Gasteiger partial charge >= 0.3 is 11.9 Å². The second kappa shape index (κ2) is 19.0. The van der Waals surface area contributed by atoms with Gasteiger partial charge in [-0.05, 0) is 94.8 Å². The van der Waals surface area contributed by atoms with Gasteiger partial charge < -0.3 is 63.4 Å². The summed E-state index contributed by atoms with van der Waals surface area (Å²) in [6.07, 6.45) is -8.23. The van der Waals surface area contributed by atoms with E-state index in [-0.39, 0.29) is 37.3 Å². The molecule has 322 valence electrons. The molecule has 3 fully saturated rings. The second-order valence-corrected chi connectivity index (χ2v) is 17.8. The number of esters is 2. The van der Waals surface area contributed by atoms with Crippen molar-refractivity contribution in [3.63, 3.8) is 0 Å². The minimum absolute atomic E-state index is 0.116. The number of methoxy groups -OCH3 is 1. The van der Waals surface area contributed by atoms with E-state index in [0.717, 1.165) is 0 Å². The lowest BCUT2D eigenvalue weighted by molar-refractivity contribution is -0.318. The second-order valence-electron chi connectivity index (χ2n) is 17.8. The summed E-state index contributed by atoms with van der Waals surface area (Å²) in [5.41, 5.74) is -4.42. The number of hydrogen-bond acceptors (Lipinski definition) is 15. The normalized spacial score (nSPS) is 47.4. The van der Waals surface area contributed by atoms with Crippen LogP contribution in [0.15, 0.2) is 0 Å². The molecule has 0 aromatic rings. The fraction of sp³-hybridized carbons (Fsp3) is 0.950. The summed E-state index contributed by atoms with van der Waals surface area (Å²) < 4.78 is 43.6. The Labute approximate surface area is 329 Å². The molecule has 0 amide bonds. The molecule has 4 N–H and O–H groups in total. The third-order valence-electron chi connectivity index (χ3n) is 12.5. The topological polar surface area (TPSA) is 186 Å². The smallest absolute Gasteiger partial charge is 0.311 e. The average molecular weight is 791 g/mol. The van der Waals surface area contributed by atoms with Crippen molar-refractivity contribution >= 4 is 11.9 Å². The van der Waals surface area contributed by atoms with E-state index >= 15 is 0 Å². The molecule has 17 unspecified atom stereocenters. The largest absolute Gasteiger partial charge is 0.459 e. The maximum absolute atomic E-state index is 14.3. The van der Waals surface area contributed by atoms with Crippen LogP contribution in [0.4, 0.5) is 0 Å².